The molecule has 1 aromatic heterocycles. The van der Waals surface area contributed by atoms with Gasteiger partial charge in [0, 0.05) is 16.5 Å². The van der Waals surface area contributed by atoms with E-state index in [0.717, 1.165) is 53.4 Å². The van der Waals surface area contributed by atoms with E-state index in [1.807, 2.05) is 24.3 Å². The molecule has 160 valence electrons. The number of nitrogens with zero attached hydrogens (tertiary/aromatic N) is 1. The summed E-state index contributed by atoms with van der Waals surface area (Å²) in [6, 6.07) is 5.74. The molecule has 2 aliphatic carbocycles. The number of carboxylic acids is 1. The van der Waals surface area contributed by atoms with Gasteiger partial charge in [0.2, 0.25) is 0 Å². The molecule has 2 aromatic rings. The molecule has 1 aliphatic heterocycles. The number of carboxylic acid groups (broad SMARTS) is 1. The van der Waals surface area contributed by atoms with Gasteiger partial charge in [-0.1, -0.05) is 37.5 Å². The highest BCUT2D eigenvalue weighted by Crippen LogP contribution is 2.46. The van der Waals surface area contributed by atoms with Crippen molar-refractivity contribution in [3.05, 3.63) is 64.4 Å². The van der Waals surface area contributed by atoms with Crippen LogP contribution in [0.15, 0.2) is 47.6 Å². The van der Waals surface area contributed by atoms with Crippen molar-refractivity contribution < 1.29 is 19.4 Å². The Morgan fingerprint density at radius 2 is 1.97 bits per heavy atom. The first kappa shape index (κ1) is 19.9. The smallest absolute Gasteiger partial charge is 0.337 e. The number of hydrogen-bond acceptors (Lipinski definition) is 3. The molecule has 1 fully saturated rings. The van der Waals surface area contributed by atoms with Gasteiger partial charge >= 0.3 is 11.9 Å². The third-order valence-corrected chi connectivity index (χ3v) is 6.96. The highest BCUT2D eigenvalue weighted by atomic mass is 16.5. The van der Waals surface area contributed by atoms with Crippen LogP contribution in [0.2, 0.25) is 0 Å². The summed E-state index contributed by atoms with van der Waals surface area (Å²) in [5.74, 6) is -0.817. The quantitative estimate of drug-likeness (QED) is 0.660. The molecule has 5 nitrogen and oxygen atoms in total. The summed E-state index contributed by atoms with van der Waals surface area (Å²) in [7, 11) is 1.38. The van der Waals surface area contributed by atoms with Gasteiger partial charge in [-0.25, -0.2) is 9.59 Å². The van der Waals surface area contributed by atoms with Crippen LogP contribution in [0, 0.1) is 0 Å². The molecule has 3 aliphatic rings. The van der Waals surface area contributed by atoms with E-state index in [0.29, 0.717) is 23.6 Å². The van der Waals surface area contributed by atoms with Crippen molar-refractivity contribution in [3.63, 3.8) is 0 Å². The summed E-state index contributed by atoms with van der Waals surface area (Å²) in [6.07, 6.45) is 14.0. The number of esters is 1. The number of allylic oxidation sites excluding steroid dienone is 5. The van der Waals surface area contributed by atoms with Crippen molar-refractivity contribution in [3.8, 4) is 0 Å². The zero-order valence-electron chi connectivity index (χ0n) is 17.8. The van der Waals surface area contributed by atoms with Crippen LogP contribution < -0.4 is 0 Å². The minimum absolute atomic E-state index is 0.291. The number of methoxy groups -OCH3 is 1. The van der Waals surface area contributed by atoms with Gasteiger partial charge in [0.25, 0.3) is 0 Å². The monoisotopic (exact) mass is 417 g/mol. The molecule has 5 rings (SSSR count). The number of ether oxygens (including phenoxy) is 1. The van der Waals surface area contributed by atoms with Crippen LogP contribution in [0.3, 0.4) is 0 Å². The number of benzene rings is 1. The van der Waals surface area contributed by atoms with Crippen molar-refractivity contribution in [1.29, 1.82) is 0 Å². The van der Waals surface area contributed by atoms with Crippen LogP contribution in [-0.2, 0) is 16.1 Å². The summed E-state index contributed by atoms with van der Waals surface area (Å²) in [5, 5.41) is 11.0. The second kappa shape index (κ2) is 7.88. The maximum atomic E-state index is 12.2. The Hall–Kier alpha value is -3.08. The first-order chi connectivity index (χ1) is 15.1. The number of aromatic nitrogens is 1. The maximum absolute atomic E-state index is 12.2. The predicted octanol–water partition coefficient (Wildman–Crippen LogP) is 5.60. The van der Waals surface area contributed by atoms with Crippen LogP contribution >= 0.6 is 0 Å². The van der Waals surface area contributed by atoms with E-state index in [-0.39, 0.29) is 5.97 Å². The van der Waals surface area contributed by atoms with Crippen molar-refractivity contribution in [2.45, 2.75) is 57.4 Å². The van der Waals surface area contributed by atoms with Crippen molar-refractivity contribution in [2.24, 2.45) is 0 Å². The van der Waals surface area contributed by atoms with E-state index in [4.69, 9.17) is 4.74 Å². The fourth-order valence-corrected chi connectivity index (χ4v) is 5.50. The number of hydrogen-bond donors (Lipinski definition) is 1. The molecule has 0 amide bonds. The molecule has 31 heavy (non-hydrogen) atoms. The topological polar surface area (TPSA) is 68.5 Å². The fourth-order valence-electron chi connectivity index (χ4n) is 5.50. The molecule has 0 unspecified atom stereocenters. The Balaban J connectivity index is 1.83. The first-order valence-electron chi connectivity index (χ1n) is 11.2. The molecule has 0 radical (unpaired) electrons. The van der Waals surface area contributed by atoms with Crippen LogP contribution in [0.4, 0.5) is 0 Å². The van der Waals surface area contributed by atoms with E-state index in [1.165, 1.54) is 31.9 Å². The van der Waals surface area contributed by atoms with Gasteiger partial charge < -0.3 is 14.4 Å². The van der Waals surface area contributed by atoms with Gasteiger partial charge in [-0.3, -0.25) is 0 Å². The molecule has 5 heteroatoms. The highest BCUT2D eigenvalue weighted by Gasteiger charge is 2.31. The average Bonchev–Trinajstić information content (AvgIpc) is 3.01. The van der Waals surface area contributed by atoms with Gasteiger partial charge in [-0.2, -0.15) is 0 Å². The van der Waals surface area contributed by atoms with E-state index in [2.05, 4.69) is 16.7 Å². The number of carbonyl (C=O) groups excluding carboxylic acids is 1. The number of carbonyl (C=O) groups is 2. The Morgan fingerprint density at radius 3 is 2.71 bits per heavy atom. The summed E-state index contributed by atoms with van der Waals surface area (Å²) in [4.78, 5) is 24.3. The van der Waals surface area contributed by atoms with E-state index >= 15 is 0 Å². The highest BCUT2D eigenvalue weighted by molar-refractivity contribution is 6.00. The van der Waals surface area contributed by atoms with E-state index in [9.17, 15) is 14.7 Å². The molecular weight excluding hydrogens is 390 g/mol. The zero-order chi connectivity index (χ0) is 21.5. The van der Waals surface area contributed by atoms with E-state index in [1.54, 1.807) is 0 Å². The van der Waals surface area contributed by atoms with Crippen LogP contribution in [0.25, 0.3) is 16.5 Å². The number of aliphatic carboxylic acids is 1. The van der Waals surface area contributed by atoms with Gasteiger partial charge in [0.05, 0.1) is 30.5 Å². The molecule has 1 saturated carbocycles. The van der Waals surface area contributed by atoms with Gasteiger partial charge in [0.15, 0.2) is 0 Å². The van der Waals surface area contributed by atoms with Crippen LogP contribution in [0.5, 0.6) is 0 Å². The summed E-state index contributed by atoms with van der Waals surface area (Å²) < 4.78 is 7.08. The minimum atomic E-state index is -0.889. The van der Waals surface area contributed by atoms with Crippen molar-refractivity contribution in [1.82, 2.24) is 4.57 Å². The Morgan fingerprint density at radius 1 is 1.16 bits per heavy atom. The molecule has 1 aromatic carbocycles. The average molecular weight is 418 g/mol. The van der Waals surface area contributed by atoms with Crippen molar-refractivity contribution >= 4 is 28.4 Å². The van der Waals surface area contributed by atoms with Gasteiger partial charge in [-0.05, 0) is 60.9 Å². The standard InChI is InChI=1S/C26H27NO4/c1-31-26(30)18-11-12-21-22(14-18)27-15-19(25(28)29)13-17-9-5-6-10-20(17)24(27)23(21)16-7-3-2-4-8-16/h6,10-14,16H,2-5,7-9,15H2,1H3,(H,28,29). The third-order valence-electron chi connectivity index (χ3n) is 6.96. The molecule has 2 heterocycles. The summed E-state index contributed by atoms with van der Waals surface area (Å²) in [6.45, 7) is 0.291. The SMILES string of the molecule is COC(=O)c1ccc2c(C3CCCCC3)c3n(c2c1)CC(C(=O)O)=CC1=C3C=CCC1. The van der Waals surface area contributed by atoms with Gasteiger partial charge in [0.1, 0.15) is 0 Å². The second-order valence-corrected chi connectivity index (χ2v) is 8.76. The summed E-state index contributed by atoms with van der Waals surface area (Å²) in [5.41, 5.74) is 6.50. The maximum Gasteiger partial charge on any atom is 0.337 e. The third kappa shape index (κ3) is 3.32. The van der Waals surface area contributed by atoms with Crippen LogP contribution in [0.1, 0.15) is 72.5 Å². The van der Waals surface area contributed by atoms with Gasteiger partial charge in [-0.15, -0.1) is 0 Å². The fraction of sp³-hybridized carbons (Fsp3) is 0.385. The Kier molecular flexibility index (Phi) is 5.05. The number of rotatable bonds is 3. The second-order valence-electron chi connectivity index (χ2n) is 8.76. The van der Waals surface area contributed by atoms with E-state index < -0.39 is 5.97 Å². The van der Waals surface area contributed by atoms with Crippen LogP contribution in [-0.4, -0.2) is 28.7 Å². The molecular formula is C26H27NO4. The van der Waals surface area contributed by atoms with Crippen molar-refractivity contribution in [2.75, 3.05) is 7.11 Å². The Labute approximate surface area is 181 Å². The molecule has 0 atom stereocenters. The lowest BCUT2D eigenvalue weighted by Crippen LogP contribution is -2.12. The minimum Gasteiger partial charge on any atom is -0.478 e. The normalized spacial score (nSPS) is 18.9. The molecule has 0 spiro atoms. The molecule has 1 N–H and O–H groups in total. The predicted molar refractivity (Wildman–Crippen MR) is 120 cm³/mol. The Bertz CT molecular complexity index is 1170. The first-order valence-corrected chi connectivity index (χ1v) is 11.2. The number of fused-ring (bicyclic) bond motifs is 4. The molecule has 0 saturated heterocycles. The lowest BCUT2D eigenvalue weighted by atomic mass is 9.80. The zero-order valence-corrected chi connectivity index (χ0v) is 17.8. The largest absolute Gasteiger partial charge is 0.478 e. The molecule has 0 bridgehead atoms. The lowest BCUT2D eigenvalue weighted by molar-refractivity contribution is -0.132. The lowest BCUT2D eigenvalue weighted by Gasteiger charge is -2.24. The summed E-state index contributed by atoms with van der Waals surface area (Å²) >= 11 is 0.